The van der Waals surface area contributed by atoms with E-state index in [9.17, 15) is 0 Å². The zero-order valence-corrected chi connectivity index (χ0v) is 12.6. The van der Waals surface area contributed by atoms with Crippen LogP contribution >= 0.6 is 0 Å². The molecule has 0 aliphatic carbocycles. The number of hydrogen-bond acceptors (Lipinski definition) is 5. The Hall–Kier alpha value is -0.810. The number of likely N-dealkylation sites (tertiary alicyclic amines) is 2. The average molecular weight is 281 g/mol. The van der Waals surface area contributed by atoms with Crippen molar-refractivity contribution < 1.29 is 9.57 Å². The SMILES string of the molecule is CN1CCC(C2=NOCC(CN3CCCCC3)O2)CC1. The summed E-state index contributed by atoms with van der Waals surface area (Å²) in [6, 6.07) is 0. The molecule has 3 aliphatic heterocycles. The summed E-state index contributed by atoms with van der Waals surface area (Å²) >= 11 is 0. The van der Waals surface area contributed by atoms with Crippen LogP contribution in [0.3, 0.4) is 0 Å². The summed E-state index contributed by atoms with van der Waals surface area (Å²) in [6.45, 7) is 6.27. The van der Waals surface area contributed by atoms with Gasteiger partial charge in [0.1, 0.15) is 6.10 Å². The van der Waals surface area contributed by atoms with Crippen LogP contribution in [0, 0.1) is 5.92 Å². The van der Waals surface area contributed by atoms with E-state index in [4.69, 9.17) is 9.57 Å². The second-order valence-electron chi connectivity index (χ2n) is 6.40. The minimum atomic E-state index is 0.167. The van der Waals surface area contributed by atoms with Gasteiger partial charge in [-0.25, -0.2) is 0 Å². The van der Waals surface area contributed by atoms with Crippen molar-refractivity contribution in [3.05, 3.63) is 0 Å². The van der Waals surface area contributed by atoms with Gasteiger partial charge in [-0.15, -0.1) is 0 Å². The van der Waals surface area contributed by atoms with E-state index in [-0.39, 0.29) is 6.10 Å². The van der Waals surface area contributed by atoms with Crippen molar-refractivity contribution in [2.24, 2.45) is 11.1 Å². The molecule has 1 atom stereocenters. The summed E-state index contributed by atoms with van der Waals surface area (Å²) in [7, 11) is 2.18. The highest BCUT2D eigenvalue weighted by Crippen LogP contribution is 2.22. The molecule has 0 aromatic heterocycles. The molecule has 0 N–H and O–H groups in total. The zero-order chi connectivity index (χ0) is 13.8. The van der Waals surface area contributed by atoms with Gasteiger partial charge >= 0.3 is 0 Å². The molecule has 2 fully saturated rings. The van der Waals surface area contributed by atoms with E-state index >= 15 is 0 Å². The van der Waals surface area contributed by atoms with Gasteiger partial charge in [-0.05, 0) is 58.9 Å². The molecule has 0 amide bonds. The van der Waals surface area contributed by atoms with E-state index in [1.54, 1.807) is 0 Å². The molecule has 2 saturated heterocycles. The summed E-state index contributed by atoms with van der Waals surface area (Å²) in [4.78, 5) is 10.3. The van der Waals surface area contributed by atoms with Gasteiger partial charge in [0.2, 0.25) is 5.90 Å². The highest BCUT2D eigenvalue weighted by molar-refractivity contribution is 5.78. The molecule has 1 unspecified atom stereocenters. The Balaban J connectivity index is 1.49. The van der Waals surface area contributed by atoms with Gasteiger partial charge in [0, 0.05) is 12.5 Å². The predicted octanol–water partition coefficient (Wildman–Crippen LogP) is 1.54. The maximum absolute atomic E-state index is 6.13. The first kappa shape index (κ1) is 14.1. The second-order valence-corrected chi connectivity index (χ2v) is 6.40. The van der Waals surface area contributed by atoms with Crippen LogP contribution in [-0.4, -0.2) is 68.2 Å². The smallest absolute Gasteiger partial charge is 0.229 e. The summed E-state index contributed by atoms with van der Waals surface area (Å²) < 4.78 is 6.13. The van der Waals surface area contributed by atoms with Gasteiger partial charge in [0.15, 0.2) is 6.61 Å². The number of oxime groups is 1. The second kappa shape index (κ2) is 6.76. The molecule has 3 heterocycles. The molecule has 0 radical (unpaired) electrons. The Bertz CT molecular complexity index is 334. The topological polar surface area (TPSA) is 37.3 Å². The van der Waals surface area contributed by atoms with Gasteiger partial charge < -0.3 is 14.5 Å². The van der Waals surface area contributed by atoms with E-state index in [1.807, 2.05) is 0 Å². The van der Waals surface area contributed by atoms with Crippen LogP contribution in [0.5, 0.6) is 0 Å². The lowest BCUT2D eigenvalue weighted by molar-refractivity contribution is -0.0173. The van der Waals surface area contributed by atoms with Crippen molar-refractivity contribution in [2.45, 2.75) is 38.2 Å². The summed E-state index contributed by atoms with van der Waals surface area (Å²) in [5.74, 6) is 1.31. The maximum atomic E-state index is 6.13. The maximum Gasteiger partial charge on any atom is 0.229 e. The summed E-state index contributed by atoms with van der Waals surface area (Å²) in [6.07, 6.45) is 6.46. The quantitative estimate of drug-likeness (QED) is 0.786. The number of ether oxygens (including phenoxy) is 1. The Morgan fingerprint density at radius 1 is 1.10 bits per heavy atom. The minimum absolute atomic E-state index is 0.167. The first-order chi connectivity index (χ1) is 9.81. The third-order valence-corrected chi connectivity index (χ3v) is 4.68. The zero-order valence-electron chi connectivity index (χ0n) is 12.6. The minimum Gasteiger partial charge on any atom is -0.470 e. The number of hydrogen-bond donors (Lipinski definition) is 0. The van der Waals surface area contributed by atoms with Crippen LogP contribution in [0.1, 0.15) is 32.1 Å². The van der Waals surface area contributed by atoms with Crippen LogP contribution in [0.25, 0.3) is 0 Å². The summed E-state index contributed by atoms with van der Waals surface area (Å²) in [5, 5.41) is 4.18. The first-order valence-corrected chi connectivity index (χ1v) is 8.08. The number of piperidine rings is 2. The average Bonchev–Trinajstić information content (AvgIpc) is 2.49. The van der Waals surface area contributed by atoms with Gasteiger partial charge in [-0.3, -0.25) is 4.90 Å². The molecular formula is C15H27N3O2. The van der Waals surface area contributed by atoms with E-state index in [0.29, 0.717) is 12.5 Å². The Labute approximate surface area is 121 Å². The van der Waals surface area contributed by atoms with Crippen LogP contribution in [0.4, 0.5) is 0 Å². The molecular weight excluding hydrogens is 254 g/mol. The van der Waals surface area contributed by atoms with Crippen molar-refractivity contribution in [3.63, 3.8) is 0 Å². The fourth-order valence-electron chi connectivity index (χ4n) is 3.36. The normalized spacial score (nSPS) is 30.4. The lowest BCUT2D eigenvalue weighted by Gasteiger charge is -2.35. The number of rotatable bonds is 3. The standard InChI is InChI=1S/C15H27N3O2/c1-17-9-5-13(6-10-17)15-16-19-12-14(20-15)11-18-7-3-2-4-8-18/h13-14H,2-12H2,1H3. The lowest BCUT2D eigenvalue weighted by Crippen LogP contribution is -2.44. The molecule has 114 valence electrons. The van der Waals surface area contributed by atoms with Crippen molar-refractivity contribution in [2.75, 3.05) is 46.4 Å². The molecule has 0 aromatic rings. The van der Waals surface area contributed by atoms with Crippen LogP contribution < -0.4 is 0 Å². The fourth-order valence-corrected chi connectivity index (χ4v) is 3.36. The van der Waals surface area contributed by atoms with E-state index < -0.39 is 0 Å². The van der Waals surface area contributed by atoms with E-state index in [0.717, 1.165) is 38.4 Å². The molecule has 0 spiro atoms. The highest BCUT2D eigenvalue weighted by atomic mass is 16.7. The largest absolute Gasteiger partial charge is 0.470 e. The van der Waals surface area contributed by atoms with Gasteiger partial charge in [0.05, 0.1) is 0 Å². The van der Waals surface area contributed by atoms with Crippen LogP contribution in [0.2, 0.25) is 0 Å². The monoisotopic (exact) mass is 281 g/mol. The van der Waals surface area contributed by atoms with Crippen molar-refractivity contribution in [1.82, 2.24) is 9.80 Å². The Morgan fingerprint density at radius 3 is 2.60 bits per heavy atom. The van der Waals surface area contributed by atoms with Gasteiger partial charge in [-0.1, -0.05) is 11.6 Å². The molecule has 5 nitrogen and oxygen atoms in total. The molecule has 0 saturated carbocycles. The summed E-state index contributed by atoms with van der Waals surface area (Å²) in [5.41, 5.74) is 0. The fraction of sp³-hybridized carbons (Fsp3) is 0.933. The van der Waals surface area contributed by atoms with Gasteiger partial charge in [0.25, 0.3) is 0 Å². The van der Waals surface area contributed by atoms with E-state index in [2.05, 4.69) is 22.0 Å². The van der Waals surface area contributed by atoms with Crippen molar-refractivity contribution >= 4 is 5.90 Å². The Kier molecular flexibility index (Phi) is 4.78. The highest BCUT2D eigenvalue weighted by Gasteiger charge is 2.29. The predicted molar refractivity (Wildman–Crippen MR) is 78.8 cm³/mol. The third-order valence-electron chi connectivity index (χ3n) is 4.68. The molecule has 3 aliphatic rings. The lowest BCUT2D eigenvalue weighted by atomic mass is 9.97. The Morgan fingerprint density at radius 2 is 1.85 bits per heavy atom. The molecule has 0 bridgehead atoms. The van der Waals surface area contributed by atoms with E-state index in [1.165, 1.54) is 32.4 Å². The first-order valence-electron chi connectivity index (χ1n) is 8.08. The van der Waals surface area contributed by atoms with Gasteiger partial charge in [-0.2, -0.15) is 0 Å². The third kappa shape index (κ3) is 3.64. The molecule has 20 heavy (non-hydrogen) atoms. The van der Waals surface area contributed by atoms with Crippen LogP contribution in [-0.2, 0) is 9.57 Å². The molecule has 0 aromatic carbocycles. The van der Waals surface area contributed by atoms with Crippen molar-refractivity contribution in [3.8, 4) is 0 Å². The number of nitrogens with zero attached hydrogens (tertiary/aromatic N) is 3. The molecule has 5 heteroatoms. The van der Waals surface area contributed by atoms with Crippen LogP contribution in [0.15, 0.2) is 5.16 Å². The molecule has 3 rings (SSSR count). The van der Waals surface area contributed by atoms with Crippen molar-refractivity contribution in [1.29, 1.82) is 0 Å².